The minimum atomic E-state index is -4.14. The highest BCUT2D eigenvalue weighted by atomic mass is 32.2. The van der Waals surface area contributed by atoms with Crippen LogP contribution < -0.4 is 5.73 Å². The number of rotatable bonds is 5. The Morgan fingerprint density at radius 2 is 2.00 bits per heavy atom. The summed E-state index contributed by atoms with van der Waals surface area (Å²) in [6.07, 6.45) is 0. The van der Waals surface area contributed by atoms with E-state index in [9.17, 15) is 18.0 Å². The molecule has 3 N–H and O–H groups in total. The summed E-state index contributed by atoms with van der Waals surface area (Å²) in [6, 6.07) is 3.40. The van der Waals surface area contributed by atoms with Gasteiger partial charge in [0, 0.05) is 12.7 Å². The molecule has 0 unspecified atom stereocenters. The number of carbonyl (C=O) groups excluding carboxylic acids is 1. The number of nitrogen functional groups attached to an aromatic ring is 1. The Hall–Kier alpha value is -2.13. The molecule has 0 heterocycles. The normalized spacial score (nSPS) is 11.3. The molecule has 0 spiro atoms. The molecule has 1 aromatic rings. The summed E-state index contributed by atoms with van der Waals surface area (Å²) in [6.45, 7) is -0.526. The first-order chi connectivity index (χ1) is 9.20. The number of carboxylic acids is 1. The zero-order chi connectivity index (χ0) is 15.5. The van der Waals surface area contributed by atoms with E-state index >= 15 is 0 Å². The van der Waals surface area contributed by atoms with Gasteiger partial charge in [-0.3, -0.25) is 4.79 Å². The highest BCUT2D eigenvalue weighted by Gasteiger charge is 2.28. The molecular formula is C11H14N2O6S. The molecule has 0 atom stereocenters. The first-order valence-electron chi connectivity index (χ1n) is 5.36. The Bertz CT molecular complexity index is 640. The van der Waals surface area contributed by atoms with Gasteiger partial charge in [-0.25, -0.2) is 13.2 Å². The summed E-state index contributed by atoms with van der Waals surface area (Å²) in [5.41, 5.74) is 5.11. The molecule has 0 aromatic heterocycles. The number of benzene rings is 1. The third-order valence-corrected chi connectivity index (χ3v) is 4.36. The van der Waals surface area contributed by atoms with E-state index in [4.69, 9.17) is 10.8 Å². The smallest absolute Gasteiger partial charge is 0.337 e. The molecule has 0 aliphatic heterocycles. The van der Waals surface area contributed by atoms with Gasteiger partial charge < -0.3 is 15.6 Å². The second-order valence-corrected chi connectivity index (χ2v) is 5.91. The highest BCUT2D eigenvalue weighted by molar-refractivity contribution is 7.89. The fourth-order valence-electron chi connectivity index (χ4n) is 1.44. The zero-order valence-corrected chi connectivity index (χ0v) is 11.7. The number of hydrogen-bond donors (Lipinski definition) is 2. The zero-order valence-electron chi connectivity index (χ0n) is 10.9. The summed E-state index contributed by atoms with van der Waals surface area (Å²) in [5, 5.41) is 9.03. The highest BCUT2D eigenvalue weighted by Crippen LogP contribution is 2.22. The van der Waals surface area contributed by atoms with Crippen LogP contribution in [-0.2, 0) is 19.6 Å². The molecule has 110 valence electrons. The number of carbonyl (C=O) groups is 2. The number of carboxylic acid groups (broad SMARTS) is 1. The van der Waals surface area contributed by atoms with E-state index in [1.54, 1.807) is 0 Å². The monoisotopic (exact) mass is 302 g/mol. The van der Waals surface area contributed by atoms with E-state index in [1.165, 1.54) is 6.07 Å². The van der Waals surface area contributed by atoms with Crippen LogP contribution in [0.15, 0.2) is 23.1 Å². The van der Waals surface area contributed by atoms with E-state index in [0.29, 0.717) is 4.31 Å². The van der Waals surface area contributed by atoms with Crippen LogP contribution in [0.5, 0.6) is 0 Å². The molecule has 1 aromatic carbocycles. The van der Waals surface area contributed by atoms with Gasteiger partial charge in [0.2, 0.25) is 10.0 Å². The molecule has 8 nitrogen and oxygen atoms in total. The van der Waals surface area contributed by atoms with Crippen molar-refractivity contribution in [1.29, 1.82) is 0 Å². The summed E-state index contributed by atoms with van der Waals surface area (Å²) < 4.78 is 29.5. The topological polar surface area (TPSA) is 127 Å². The van der Waals surface area contributed by atoms with Crippen molar-refractivity contribution in [2.75, 3.05) is 26.4 Å². The maximum atomic E-state index is 12.2. The average Bonchev–Trinajstić information content (AvgIpc) is 2.37. The lowest BCUT2D eigenvalue weighted by Gasteiger charge is -2.17. The number of methoxy groups -OCH3 is 1. The van der Waals surface area contributed by atoms with Gasteiger partial charge in [0.25, 0.3) is 0 Å². The Morgan fingerprint density at radius 3 is 2.50 bits per heavy atom. The summed E-state index contributed by atoms with van der Waals surface area (Å²) in [4.78, 5) is 21.8. The Kier molecular flexibility index (Phi) is 4.69. The molecule has 1 rings (SSSR count). The van der Waals surface area contributed by atoms with E-state index in [1.807, 2.05) is 0 Å². The summed E-state index contributed by atoms with van der Waals surface area (Å²) in [5.74, 6) is -2.19. The molecule has 0 bridgehead atoms. The number of anilines is 1. The van der Waals surface area contributed by atoms with E-state index in [-0.39, 0.29) is 5.69 Å². The van der Waals surface area contributed by atoms with Crippen LogP contribution in [0.25, 0.3) is 0 Å². The van der Waals surface area contributed by atoms with Crippen molar-refractivity contribution in [1.82, 2.24) is 4.31 Å². The lowest BCUT2D eigenvalue weighted by Crippen LogP contribution is -2.33. The van der Waals surface area contributed by atoms with Gasteiger partial charge in [-0.2, -0.15) is 4.31 Å². The van der Waals surface area contributed by atoms with Crippen LogP contribution in [0.2, 0.25) is 0 Å². The van der Waals surface area contributed by atoms with Gasteiger partial charge in [0.15, 0.2) is 0 Å². The third kappa shape index (κ3) is 3.25. The largest absolute Gasteiger partial charge is 0.478 e. The van der Waals surface area contributed by atoms with Crippen LogP contribution in [0.1, 0.15) is 10.4 Å². The average molecular weight is 302 g/mol. The van der Waals surface area contributed by atoms with Crippen molar-refractivity contribution in [3.63, 3.8) is 0 Å². The SMILES string of the molecule is COC(=O)CN(C)S(=O)(=O)c1ccc(N)cc1C(=O)O. The summed E-state index contributed by atoms with van der Waals surface area (Å²) in [7, 11) is -1.87. The van der Waals surface area contributed by atoms with Gasteiger partial charge >= 0.3 is 11.9 Å². The second-order valence-electron chi connectivity index (χ2n) is 3.90. The molecule has 0 aliphatic carbocycles. The summed E-state index contributed by atoms with van der Waals surface area (Å²) >= 11 is 0. The van der Waals surface area contributed by atoms with Crippen molar-refractivity contribution in [2.45, 2.75) is 4.90 Å². The van der Waals surface area contributed by atoms with Crippen LogP contribution >= 0.6 is 0 Å². The van der Waals surface area contributed by atoms with Crippen molar-refractivity contribution < 1.29 is 27.9 Å². The van der Waals surface area contributed by atoms with Gasteiger partial charge in [0.1, 0.15) is 6.54 Å². The van der Waals surface area contributed by atoms with Gasteiger partial charge in [-0.05, 0) is 18.2 Å². The van der Waals surface area contributed by atoms with E-state index < -0.39 is 39.0 Å². The predicted molar refractivity (Wildman–Crippen MR) is 69.6 cm³/mol. The first-order valence-corrected chi connectivity index (χ1v) is 6.80. The molecule has 0 amide bonds. The number of esters is 1. The van der Waals surface area contributed by atoms with Crippen LogP contribution in [0.4, 0.5) is 5.69 Å². The predicted octanol–water partition coefficient (Wildman–Crippen LogP) is -0.239. The minimum absolute atomic E-state index is 0.122. The molecule has 0 saturated carbocycles. The molecule has 0 radical (unpaired) electrons. The maximum absolute atomic E-state index is 12.2. The van der Waals surface area contributed by atoms with Crippen LogP contribution in [0, 0.1) is 0 Å². The lowest BCUT2D eigenvalue weighted by atomic mass is 10.2. The Morgan fingerprint density at radius 1 is 1.40 bits per heavy atom. The maximum Gasteiger partial charge on any atom is 0.337 e. The fraction of sp³-hybridized carbons (Fsp3) is 0.273. The van der Waals surface area contributed by atoms with Crippen LogP contribution in [0.3, 0.4) is 0 Å². The van der Waals surface area contributed by atoms with Gasteiger partial charge in [-0.15, -0.1) is 0 Å². The molecule has 0 aliphatic rings. The van der Waals surface area contributed by atoms with Crippen molar-refractivity contribution >= 4 is 27.6 Å². The number of aromatic carboxylic acids is 1. The number of hydrogen-bond acceptors (Lipinski definition) is 6. The number of nitrogens with zero attached hydrogens (tertiary/aromatic N) is 1. The van der Waals surface area contributed by atoms with Crippen molar-refractivity contribution in [3.8, 4) is 0 Å². The molecule has 0 saturated heterocycles. The first kappa shape index (κ1) is 15.9. The quantitative estimate of drug-likeness (QED) is 0.567. The Balaban J connectivity index is 3.28. The molecule has 9 heteroatoms. The number of likely N-dealkylation sites (N-methyl/N-ethyl adjacent to an activating group) is 1. The van der Waals surface area contributed by atoms with E-state index in [0.717, 1.165) is 26.3 Å². The molecular weight excluding hydrogens is 288 g/mol. The van der Waals surface area contributed by atoms with E-state index in [2.05, 4.69) is 4.74 Å². The minimum Gasteiger partial charge on any atom is -0.478 e. The molecule has 20 heavy (non-hydrogen) atoms. The number of sulfonamides is 1. The third-order valence-electron chi connectivity index (χ3n) is 2.50. The standard InChI is InChI=1S/C11H14N2O6S/c1-13(6-10(14)19-2)20(17,18)9-4-3-7(12)5-8(9)11(15)16/h3-5H,6,12H2,1-2H3,(H,15,16). The Labute approximate surface area is 115 Å². The van der Waals surface area contributed by atoms with Gasteiger partial charge in [-0.1, -0.05) is 0 Å². The van der Waals surface area contributed by atoms with Gasteiger partial charge in [0.05, 0.1) is 17.6 Å². The van der Waals surface area contributed by atoms with Crippen molar-refractivity contribution in [2.24, 2.45) is 0 Å². The fourth-order valence-corrected chi connectivity index (χ4v) is 2.71. The number of nitrogens with two attached hydrogens (primary N) is 1. The lowest BCUT2D eigenvalue weighted by molar-refractivity contribution is -0.140. The van der Waals surface area contributed by atoms with Crippen molar-refractivity contribution in [3.05, 3.63) is 23.8 Å². The number of ether oxygens (including phenoxy) is 1. The second kappa shape index (κ2) is 5.88. The molecule has 0 fully saturated rings. The van der Waals surface area contributed by atoms with Crippen LogP contribution in [-0.4, -0.2) is 50.5 Å².